The van der Waals surface area contributed by atoms with Crippen molar-refractivity contribution in [3.63, 3.8) is 0 Å². The highest BCUT2D eigenvalue weighted by Crippen LogP contribution is 2.47. The van der Waals surface area contributed by atoms with Crippen LogP contribution < -0.4 is 0 Å². The Morgan fingerprint density at radius 3 is 2.93 bits per heavy atom. The summed E-state index contributed by atoms with van der Waals surface area (Å²) in [5.74, 6) is 0.0789. The van der Waals surface area contributed by atoms with Gasteiger partial charge in [-0.2, -0.15) is 0 Å². The van der Waals surface area contributed by atoms with E-state index in [1.165, 1.54) is 26.4 Å². The molecule has 5 rings (SSSR count). The molecule has 5 heterocycles. The van der Waals surface area contributed by atoms with Gasteiger partial charge in [0.1, 0.15) is 11.3 Å². The molecule has 1 N–H and O–H groups in total. The zero-order chi connectivity index (χ0) is 19.1. The second-order valence-electron chi connectivity index (χ2n) is 7.62. The van der Waals surface area contributed by atoms with E-state index >= 15 is 0 Å². The van der Waals surface area contributed by atoms with Crippen molar-refractivity contribution in [3.8, 4) is 10.4 Å². The van der Waals surface area contributed by atoms with Crippen LogP contribution >= 0.6 is 11.3 Å². The highest BCUT2D eigenvalue weighted by atomic mass is 32.1. The van der Waals surface area contributed by atoms with Crippen LogP contribution in [0.4, 0.5) is 0 Å². The summed E-state index contributed by atoms with van der Waals surface area (Å²) in [6.07, 6.45) is 8.23. The Hall–Kier alpha value is -2.44. The summed E-state index contributed by atoms with van der Waals surface area (Å²) in [5.41, 5.74) is 4.27. The molecule has 0 saturated carbocycles. The molecule has 0 atom stereocenters. The number of pyridine rings is 1. The molecule has 3 aromatic heterocycles. The van der Waals surface area contributed by atoms with Crippen molar-refractivity contribution in [2.24, 2.45) is 0 Å². The number of nitrogens with one attached hydrogen (secondary N) is 1. The largest absolute Gasteiger partial charge is 0.369 e. The van der Waals surface area contributed by atoms with Crippen molar-refractivity contribution in [2.45, 2.75) is 31.8 Å². The van der Waals surface area contributed by atoms with Gasteiger partial charge >= 0.3 is 0 Å². The lowest BCUT2D eigenvalue weighted by atomic mass is 9.85. The van der Waals surface area contributed by atoms with E-state index < -0.39 is 0 Å². The number of carbonyl (C=O) groups excluding carboxylic acids is 1. The second-order valence-corrected chi connectivity index (χ2v) is 8.68. The predicted octanol–water partition coefficient (Wildman–Crippen LogP) is 4.15. The van der Waals surface area contributed by atoms with E-state index in [0.717, 1.165) is 39.0 Å². The number of amides is 1. The average Bonchev–Trinajstić information content (AvgIpc) is 3.39. The van der Waals surface area contributed by atoms with Crippen molar-refractivity contribution in [1.82, 2.24) is 14.9 Å². The van der Waals surface area contributed by atoms with Crippen LogP contribution in [0.3, 0.4) is 0 Å². The van der Waals surface area contributed by atoms with Crippen molar-refractivity contribution in [1.29, 1.82) is 0 Å². The van der Waals surface area contributed by atoms with Gasteiger partial charge in [-0.15, -0.1) is 11.3 Å². The zero-order valence-corrected chi connectivity index (χ0v) is 16.7. The Bertz CT molecular complexity index is 1000. The third-order valence-electron chi connectivity index (χ3n) is 5.95. The van der Waals surface area contributed by atoms with Gasteiger partial charge in [-0.3, -0.25) is 9.78 Å². The Labute approximate surface area is 168 Å². The van der Waals surface area contributed by atoms with Crippen LogP contribution in [0.5, 0.6) is 0 Å². The molecule has 0 aliphatic carbocycles. The maximum absolute atomic E-state index is 12.7. The van der Waals surface area contributed by atoms with E-state index in [0.29, 0.717) is 5.69 Å². The van der Waals surface area contributed by atoms with E-state index in [2.05, 4.69) is 29.0 Å². The number of piperidine rings is 1. The van der Waals surface area contributed by atoms with Crippen LogP contribution in [0.2, 0.25) is 0 Å². The number of rotatable bonds is 2. The van der Waals surface area contributed by atoms with Gasteiger partial charge in [0.05, 0.1) is 6.61 Å². The molecule has 0 radical (unpaired) electrons. The standard InChI is InChI=1S/C22H23N3O2S/c1-15-14-23-9-4-17(15)19-13-16-5-12-27-22(20(16)28-19)6-10-25(11-7-22)21(26)18-3-2-8-24-18/h2-4,8-9,13-14,24H,5-7,10-12H2,1H3. The maximum Gasteiger partial charge on any atom is 0.270 e. The van der Waals surface area contributed by atoms with Crippen LogP contribution in [0.25, 0.3) is 10.4 Å². The molecule has 1 spiro atoms. The van der Waals surface area contributed by atoms with Gasteiger partial charge in [0.2, 0.25) is 0 Å². The zero-order valence-electron chi connectivity index (χ0n) is 15.9. The first-order valence-electron chi connectivity index (χ1n) is 9.77. The molecule has 28 heavy (non-hydrogen) atoms. The first-order valence-corrected chi connectivity index (χ1v) is 10.6. The minimum absolute atomic E-state index is 0.0789. The van der Waals surface area contributed by atoms with E-state index in [1.807, 2.05) is 40.8 Å². The molecule has 5 nitrogen and oxygen atoms in total. The van der Waals surface area contributed by atoms with Gasteiger partial charge in [0.15, 0.2) is 0 Å². The smallest absolute Gasteiger partial charge is 0.270 e. The summed E-state index contributed by atoms with van der Waals surface area (Å²) in [6.45, 7) is 4.30. The highest BCUT2D eigenvalue weighted by molar-refractivity contribution is 7.15. The SMILES string of the molecule is Cc1cnccc1-c1cc2c(s1)C1(CCN(C(=O)c3ccc[nH]3)CC1)OCC2. The van der Waals surface area contributed by atoms with E-state index in [-0.39, 0.29) is 11.5 Å². The Morgan fingerprint density at radius 2 is 2.18 bits per heavy atom. The number of H-pyrrole nitrogens is 1. The Balaban J connectivity index is 1.41. The summed E-state index contributed by atoms with van der Waals surface area (Å²) >= 11 is 1.85. The number of hydrogen-bond acceptors (Lipinski definition) is 4. The molecule has 1 amide bonds. The first kappa shape index (κ1) is 17.6. The van der Waals surface area contributed by atoms with E-state index in [1.54, 1.807) is 6.20 Å². The molecule has 0 aromatic carbocycles. The molecular weight excluding hydrogens is 370 g/mol. The number of likely N-dealkylation sites (tertiary alicyclic amines) is 1. The quantitative estimate of drug-likeness (QED) is 0.712. The number of aryl methyl sites for hydroxylation is 1. The van der Waals surface area contributed by atoms with Gasteiger partial charge in [-0.25, -0.2) is 0 Å². The molecule has 2 aliphatic rings. The minimum atomic E-state index is -0.246. The van der Waals surface area contributed by atoms with Gasteiger partial charge < -0.3 is 14.6 Å². The molecular formula is C22H23N3O2S. The van der Waals surface area contributed by atoms with Crippen molar-refractivity contribution >= 4 is 17.2 Å². The van der Waals surface area contributed by atoms with Crippen LogP contribution in [0.15, 0.2) is 42.9 Å². The summed E-state index contributed by atoms with van der Waals surface area (Å²) in [4.78, 5) is 24.5. The predicted molar refractivity (Wildman–Crippen MR) is 110 cm³/mol. The number of carbonyl (C=O) groups is 1. The molecule has 0 bridgehead atoms. The average molecular weight is 394 g/mol. The van der Waals surface area contributed by atoms with Gasteiger partial charge in [0, 0.05) is 41.4 Å². The van der Waals surface area contributed by atoms with E-state index in [4.69, 9.17) is 4.74 Å². The Kier molecular flexibility index (Phi) is 4.33. The van der Waals surface area contributed by atoms with E-state index in [9.17, 15) is 4.79 Å². The highest BCUT2D eigenvalue weighted by Gasteiger charge is 2.43. The van der Waals surface area contributed by atoms with Crippen LogP contribution in [-0.2, 0) is 16.8 Å². The third kappa shape index (κ3) is 2.88. The van der Waals surface area contributed by atoms with Crippen molar-refractivity contribution in [2.75, 3.05) is 19.7 Å². The lowest BCUT2D eigenvalue weighted by Crippen LogP contribution is -2.47. The van der Waals surface area contributed by atoms with Gasteiger partial charge in [0.25, 0.3) is 5.91 Å². The molecule has 1 fully saturated rings. The number of hydrogen-bond donors (Lipinski definition) is 1. The molecule has 6 heteroatoms. The summed E-state index contributed by atoms with van der Waals surface area (Å²) < 4.78 is 6.38. The van der Waals surface area contributed by atoms with Crippen molar-refractivity contribution < 1.29 is 9.53 Å². The summed E-state index contributed by atoms with van der Waals surface area (Å²) in [7, 11) is 0. The number of ether oxygens (including phenoxy) is 1. The second kappa shape index (κ2) is 6.87. The monoisotopic (exact) mass is 393 g/mol. The minimum Gasteiger partial charge on any atom is -0.369 e. The number of aromatic amines is 1. The first-order chi connectivity index (χ1) is 13.7. The molecule has 0 unspecified atom stereocenters. The molecule has 1 saturated heterocycles. The fourth-order valence-corrected chi connectivity index (χ4v) is 5.88. The van der Waals surface area contributed by atoms with Crippen LogP contribution in [0.1, 0.15) is 39.3 Å². The summed E-state index contributed by atoms with van der Waals surface area (Å²) in [6, 6.07) is 8.13. The molecule has 2 aliphatic heterocycles. The number of fused-ring (bicyclic) bond motifs is 2. The molecule has 144 valence electrons. The molecule has 3 aromatic rings. The maximum atomic E-state index is 12.7. The lowest BCUT2D eigenvalue weighted by molar-refractivity contribution is -0.0906. The third-order valence-corrected chi connectivity index (χ3v) is 7.34. The number of aromatic nitrogens is 2. The Morgan fingerprint density at radius 1 is 1.32 bits per heavy atom. The fraction of sp³-hybridized carbons (Fsp3) is 0.364. The van der Waals surface area contributed by atoms with Crippen molar-refractivity contribution in [3.05, 3.63) is 64.6 Å². The topological polar surface area (TPSA) is 58.2 Å². The number of thiophene rings is 1. The number of nitrogens with zero attached hydrogens (tertiary/aromatic N) is 2. The van der Waals surface area contributed by atoms with Crippen LogP contribution in [-0.4, -0.2) is 40.5 Å². The summed E-state index contributed by atoms with van der Waals surface area (Å²) in [5, 5.41) is 0. The van der Waals surface area contributed by atoms with Gasteiger partial charge in [-0.05, 0) is 67.1 Å². The van der Waals surface area contributed by atoms with Crippen LogP contribution in [0, 0.1) is 6.92 Å². The lowest BCUT2D eigenvalue weighted by Gasteiger charge is -2.43. The van der Waals surface area contributed by atoms with Gasteiger partial charge in [-0.1, -0.05) is 0 Å². The fourth-order valence-electron chi connectivity index (χ4n) is 4.38. The normalized spacial score (nSPS) is 18.2.